The fraction of sp³-hybridized carbons (Fsp3) is 0.281. The summed E-state index contributed by atoms with van der Waals surface area (Å²) in [6, 6.07) is 9.03. The number of likely N-dealkylation sites (N-methyl/N-ethyl adjacent to an activating group) is 1. The molecule has 0 radical (unpaired) electrons. The number of aromatic nitrogens is 3. The van der Waals surface area contributed by atoms with E-state index in [0.717, 1.165) is 18.4 Å². The van der Waals surface area contributed by atoms with Crippen molar-refractivity contribution in [3.05, 3.63) is 82.0 Å². The molecule has 0 saturated carbocycles. The molecular formula is C32H33ClN6O3. The number of carbonyl (C=O) groups is 1. The molecule has 0 aliphatic carbocycles. The average molecular weight is 585 g/mol. The number of pyridine rings is 2. The number of anilines is 2. The quantitative estimate of drug-likeness (QED) is 0.204. The summed E-state index contributed by atoms with van der Waals surface area (Å²) >= 11 is 6.39. The van der Waals surface area contributed by atoms with Gasteiger partial charge in [-0.1, -0.05) is 35.6 Å². The number of fused-ring (bicyclic) bond motifs is 1. The van der Waals surface area contributed by atoms with Crippen molar-refractivity contribution in [3.63, 3.8) is 0 Å². The average Bonchev–Trinajstić information content (AvgIpc) is 3.53. The standard InChI is InChI=1S/C32H33ClN6O3/c1-32(14-7-19-39(32)26(40)10-6-18-38(2)3)15-11-21-20-34-16-12-22(21)28-29(27-24(36-28)13-17-35-31(27)41)37-25-9-5-8-23(33)30(25)42-4/h5-6,8-10,12-13,16-17,20,36-37H,7,14,18-19H2,1-4H3,(H,35,41)/b10-6+/t32-/m0/s1. The van der Waals surface area contributed by atoms with Crippen molar-refractivity contribution in [2.75, 3.05) is 39.6 Å². The third-order valence-corrected chi connectivity index (χ3v) is 7.64. The van der Waals surface area contributed by atoms with Crippen molar-refractivity contribution in [2.24, 2.45) is 0 Å². The Morgan fingerprint density at radius 2 is 2.14 bits per heavy atom. The second-order valence-corrected chi connectivity index (χ2v) is 11.0. The number of likely N-dealkylation sites (tertiary alicyclic amines) is 1. The van der Waals surface area contributed by atoms with Gasteiger partial charge in [0.15, 0.2) is 5.75 Å². The van der Waals surface area contributed by atoms with Crippen LogP contribution in [0.1, 0.15) is 25.3 Å². The maximum Gasteiger partial charge on any atom is 0.259 e. The van der Waals surface area contributed by atoms with Crippen molar-refractivity contribution < 1.29 is 9.53 Å². The Kier molecular flexibility index (Phi) is 8.39. The Labute approximate surface area is 249 Å². The summed E-state index contributed by atoms with van der Waals surface area (Å²) in [5.74, 6) is 7.11. The van der Waals surface area contributed by atoms with Crippen molar-refractivity contribution in [1.82, 2.24) is 24.8 Å². The van der Waals surface area contributed by atoms with Gasteiger partial charge in [0.05, 0.1) is 45.7 Å². The molecule has 10 heteroatoms. The van der Waals surface area contributed by atoms with Crippen molar-refractivity contribution in [2.45, 2.75) is 25.3 Å². The second kappa shape index (κ2) is 12.1. The minimum absolute atomic E-state index is 0.0469. The van der Waals surface area contributed by atoms with Crippen LogP contribution in [0.15, 0.2) is 65.9 Å². The number of hydrogen-bond acceptors (Lipinski definition) is 6. The first-order chi connectivity index (χ1) is 20.2. The molecule has 3 aromatic heterocycles. The summed E-state index contributed by atoms with van der Waals surface area (Å²) in [7, 11) is 5.46. The molecule has 1 fully saturated rings. The Morgan fingerprint density at radius 1 is 1.31 bits per heavy atom. The van der Waals surface area contributed by atoms with Crippen LogP contribution in [0.25, 0.3) is 22.2 Å². The molecule has 0 unspecified atom stereocenters. The maximum absolute atomic E-state index is 13.0. The molecule has 1 aliphatic heterocycles. The molecule has 1 aromatic carbocycles. The Hall–Kier alpha value is -4.52. The van der Waals surface area contributed by atoms with E-state index in [1.54, 1.807) is 50.0 Å². The lowest BCUT2D eigenvalue weighted by Crippen LogP contribution is -2.43. The van der Waals surface area contributed by atoms with Crippen LogP contribution in [0.5, 0.6) is 5.75 Å². The van der Waals surface area contributed by atoms with Gasteiger partial charge in [-0.3, -0.25) is 14.6 Å². The SMILES string of the molecule is COc1c(Cl)cccc1Nc1c(-c2ccncc2C#C[C@]2(C)CCCN2C(=O)/C=C/CN(C)C)[nH]c2cc[nH]c(=O)c12. The topological polar surface area (TPSA) is 106 Å². The Bertz CT molecular complexity index is 1780. The zero-order valence-electron chi connectivity index (χ0n) is 24.0. The molecule has 5 rings (SSSR count). The molecular weight excluding hydrogens is 552 g/mol. The van der Waals surface area contributed by atoms with E-state index in [1.807, 2.05) is 49.0 Å². The molecule has 1 saturated heterocycles. The highest BCUT2D eigenvalue weighted by Gasteiger charge is 2.37. The number of aromatic amines is 2. The summed E-state index contributed by atoms with van der Waals surface area (Å²) in [6.07, 6.45) is 10.1. The van der Waals surface area contributed by atoms with Gasteiger partial charge < -0.3 is 29.8 Å². The molecule has 1 amide bonds. The van der Waals surface area contributed by atoms with Crippen molar-refractivity contribution in [1.29, 1.82) is 0 Å². The van der Waals surface area contributed by atoms with E-state index >= 15 is 0 Å². The normalized spacial score (nSPS) is 16.7. The number of carbonyl (C=O) groups excluding carboxylic acids is 1. The van der Waals surface area contributed by atoms with Crippen LogP contribution in [0.2, 0.25) is 5.02 Å². The predicted molar refractivity (Wildman–Crippen MR) is 167 cm³/mol. The van der Waals surface area contributed by atoms with Gasteiger partial charge >= 0.3 is 0 Å². The van der Waals surface area contributed by atoms with E-state index in [1.165, 1.54) is 0 Å². The number of rotatable bonds is 7. The first kappa shape index (κ1) is 29.0. The highest BCUT2D eigenvalue weighted by molar-refractivity contribution is 6.32. The van der Waals surface area contributed by atoms with Crippen LogP contribution in [-0.4, -0.2) is 70.5 Å². The number of hydrogen-bond donors (Lipinski definition) is 3. The zero-order chi connectivity index (χ0) is 29.9. The van der Waals surface area contributed by atoms with Crippen molar-refractivity contribution in [3.8, 4) is 28.8 Å². The zero-order valence-corrected chi connectivity index (χ0v) is 24.8. The van der Waals surface area contributed by atoms with Gasteiger partial charge in [-0.2, -0.15) is 0 Å². The first-order valence-corrected chi connectivity index (χ1v) is 14.0. The molecule has 4 heterocycles. The number of nitrogens with zero attached hydrogens (tertiary/aromatic N) is 3. The van der Waals surface area contributed by atoms with E-state index in [9.17, 15) is 9.59 Å². The van der Waals surface area contributed by atoms with Gasteiger partial charge in [-0.25, -0.2) is 0 Å². The van der Waals surface area contributed by atoms with Crippen LogP contribution in [-0.2, 0) is 4.79 Å². The smallest absolute Gasteiger partial charge is 0.259 e. The fourth-order valence-corrected chi connectivity index (χ4v) is 5.50. The minimum atomic E-state index is -0.626. The molecule has 0 bridgehead atoms. The van der Waals surface area contributed by atoms with Crippen LogP contribution in [0.3, 0.4) is 0 Å². The highest BCUT2D eigenvalue weighted by Crippen LogP contribution is 2.40. The maximum atomic E-state index is 13.0. The predicted octanol–water partition coefficient (Wildman–Crippen LogP) is 5.17. The van der Waals surface area contributed by atoms with Gasteiger partial charge in [0.2, 0.25) is 5.91 Å². The molecule has 42 heavy (non-hydrogen) atoms. The minimum Gasteiger partial charge on any atom is -0.493 e. The second-order valence-electron chi connectivity index (χ2n) is 10.6. The fourth-order valence-electron chi connectivity index (χ4n) is 5.24. The summed E-state index contributed by atoms with van der Waals surface area (Å²) in [5.41, 5.74) is 2.99. The van der Waals surface area contributed by atoms with E-state index < -0.39 is 5.54 Å². The lowest BCUT2D eigenvalue weighted by atomic mass is 9.98. The third kappa shape index (κ3) is 5.77. The first-order valence-electron chi connectivity index (χ1n) is 13.6. The number of H-pyrrole nitrogens is 2. The number of nitrogens with one attached hydrogen (secondary N) is 3. The third-order valence-electron chi connectivity index (χ3n) is 7.35. The van der Waals surface area contributed by atoms with Crippen LogP contribution in [0, 0.1) is 11.8 Å². The highest BCUT2D eigenvalue weighted by atomic mass is 35.5. The molecule has 216 valence electrons. The van der Waals surface area contributed by atoms with Gasteiger partial charge in [0.25, 0.3) is 5.56 Å². The van der Waals surface area contributed by atoms with E-state index in [4.69, 9.17) is 16.3 Å². The van der Waals surface area contributed by atoms with Gasteiger partial charge in [0, 0.05) is 43.3 Å². The molecule has 1 aliphatic rings. The number of amides is 1. The summed E-state index contributed by atoms with van der Waals surface area (Å²) in [6.45, 7) is 3.34. The number of ether oxygens (including phenoxy) is 1. The van der Waals surface area contributed by atoms with E-state index in [0.29, 0.717) is 57.4 Å². The summed E-state index contributed by atoms with van der Waals surface area (Å²) in [4.78, 5) is 40.4. The number of benzene rings is 1. The number of para-hydroxylation sites is 1. The van der Waals surface area contributed by atoms with Gasteiger partial charge in [-0.05, 0) is 58.1 Å². The van der Waals surface area contributed by atoms with Gasteiger partial charge in [-0.15, -0.1) is 0 Å². The monoisotopic (exact) mass is 584 g/mol. The molecule has 1 atom stereocenters. The lowest BCUT2D eigenvalue weighted by molar-refractivity contribution is -0.128. The summed E-state index contributed by atoms with van der Waals surface area (Å²) < 4.78 is 5.55. The number of methoxy groups -OCH3 is 1. The van der Waals surface area contributed by atoms with Gasteiger partial charge in [0.1, 0.15) is 5.54 Å². The van der Waals surface area contributed by atoms with Crippen LogP contribution in [0.4, 0.5) is 11.4 Å². The molecule has 0 spiro atoms. The molecule has 3 N–H and O–H groups in total. The van der Waals surface area contributed by atoms with E-state index in [2.05, 4.69) is 32.1 Å². The Balaban J connectivity index is 1.58. The molecule has 4 aromatic rings. The molecule has 9 nitrogen and oxygen atoms in total. The van der Waals surface area contributed by atoms with Crippen LogP contribution >= 0.6 is 11.6 Å². The summed E-state index contributed by atoms with van der Waals surface area (Å²) in [5, 5.41) is 4.28. The van der Waals surface area contributed by atoms with Crippen molar-refractivity contribution >= 4 is 39.8 Å². The van der Waals surface area contributed by atoms with Crippen LogP contribution < -0.4 is 15.6 Å². The number of halogens is 1. The van der Waals surface area contributed by atoms with E-state index in [-0.39, 0.29) is 11.5 Å². The lowest BCUT2D eigenvalue weighted by Gasteiger charge is -2.29. The largest absolute Gasteiger partial charge is 0.493 e. The Morgan fingerprint density at radius 3 is 2.93 bits per heavy atom.